The molecule has 1 heterocycles. The number of ether oxygens (including phenoxy) is 1. The fourth-order valence-electron chi connectivity index (χ4n) is 2.97. The predicted octanol–water partition coefficient (Wildman–Crippen LogP) is 0.306. The molecular formula is C19H25BrN2O. The van der Waals surface area contributed by atoms with Crippen molar-refractivity contribution in [2.24, 2.45) is 0 Å². The highest BCUT2D eigenvalue weighted by Gasteiger charge is 2.26. The van der Waals surface area contributed by atoms with Crippen LogP contribution in [-0.2, 0) is 4.74 Å². The highest BCUT2D eigenvalue weighted by molar-refractivity contribution is 5.62. The lowest BCUT2D eigenvalue weighted by Gasteiger charge is -2.39. The van der Waals surface area contributed by atoms with Gasteiger partial charge in [0.15, 0.2) is 0 Å². The molecular weight excluding hydrogens is 352 g/mol. The van der Waals surface area contributed by atoms with E-state index in [0.717, 1.165) is 43.9 Å². The number of likely N-dealkylation sites (N-methyl/N-ethyl adjacent to an activating group) is 1. The van der Waals surface area contributed by atoms with Crippen molar-refractivity contribution >= 4 is 11.4 Å². The minimum absolute atomic E-state index is 0. The fourth-order valence-corrected chi connectivity index (χ4v) is 2.97. The molecule has 2 aromatic rings. The van der Waals surface area contributed by atoms with E-state index in [2.05, 4.69) is 72.6 Å². The first-order valence-corrected chi connectivity index (χ1v) is 8.06. The second-order valence-corrected chi connectivity index (χ2v) is 6.23. The summed E-state index contributed by atoms with van der Waals surface area (Å²) in [7, 11) is 2.34. The van der Waals surface area contributed by atoms with Gasteiger partial charge in [0, 0.05) is 11.4 Å². The molecule has 4 heteroatoms. The van der Waals surface area contributed by atoms with Crippen LogP contribution >= 0.6 is 0 Å². The van der Waals surface area contributed by atoms with Crippen molar-refractivity contribution in [2.45, 2.75) is 0 Å². The fraction of sp³-hybridized carbons (Fsp3) is 0.368. The van der Waals surface area contributed by atoms with Crippen molar-refractivity contribution in [2.75, 3.05) is 51.3 Å². The molecule has 0 aliphatic carbocycles. The van der Waals surface area contributed by atoms with Crippen molar-refractivity contribution in [3.05, 3.63) is 60.7 Å². The van der Waals surface area contributed by atoms with Gasteiger partial charge >= 0.3 is 0 Å². The highest BCUT2D eigenvalue weighted by Crippen LogP contribution is 2.25. The molecule has 1 aliphatic heterocycles. The van der Waals surface area contributed by atoms with E-state index in [1.807, 2.05) is 0 Å². The number of halogens is 1. The summed E-state index contributed by atoms with van der Waals surface area (Å²) in [5.74, 6) is 0. The van der Waals surface area contributed by atoms with E-state index in [-0.39, 0.29) is 17.0 Å². The van der Waals surface area contributed by atoms with Gasteiger partial charge in [-0.3, -0.25) is 0 Å². The third-order valence-electron chi connectivity index (χ3n) is 4.55. The molecule has 0 atom stereocenters. The molecule has 23 heavy (non-hydrogen) atoms. The lowest BCUT2D eigenvalue weighted by Crippen LogP contribution is -3.00. The lowest BCUT2D eigenvalue weighted by atomic mass is 10.2. The van der Waals surface area contributed by atoms with Gasteiger partial charge < -0.3 is 31.1 Å². The largest absolute Gasteiger partial charge is 1.00 e. The summed E-state index contributed by atoms with van der Waals surface area (Å²) in [4.78, 5) is 2.42. The van der Waals surface area contributed by atoms with Crippen molar-refractivity contribution in [3.63, 3.8) is 0 Å². The van der Waals surface area contributed by atoms with Crippen molar-refractivity contribution < 1.29 is 26.2 Å². The zero-order chi connectivity index (χ0) is 15.3. The Morgan fingerprint density at radius 1 is 0.870 bits per heavy atom. The Kier molecular flexibility index (Phi) is 6.63. The number of rotatable bonds is 5. The van der Waals surface area contributed by atoms with Crippen LogP contribution in [0.15, 0.2) is 60.7 Å². The van der Waals surface area contributed by atoms with Crippen LogP contribution in [-0.4, -0.2) is 50.9 Å². The van der Waals surface area contributed by atoms with E-state index in [4.69, 9.17) is 4.74 Å². The van der Waals surface area contributed by atoms with E-state index < -0.39 is 0 Å². The van der Waals surface area contributed by atoms with Gasteiger partial charge in [0.1, 0.15) is 13.1 Å². The molecule has 1 saturated heterocycles. The molecule has 0 unspecified atom stereocenters. The van der Waals surface area contributed by atoms with E-state index in [9.17, 15) is 0 Å². The molecule has 0 N–H and O–H groups in total. The Labute approximate surface area is 149 Å². The summed E-state index contributed by atoms with van der Waals surface area (Å²) < 4.78 is 6.61. The number of hydrogen-bond acceptors (Lipinski definition) is 2. The van der Waals surface area contributed by atoms with Gasteiger partial charge in [-0.05, 0) is 24.3 Å². The molecule has 0 bridgehead atoms. The SMILES string of the molecule is C[N+]1(CCN(c2ccccc2)c2ccccc2)CCOCC1.[Br-]. The highest BCUT2D eigenvalue weighted by atomic mass is 79.9. The molecule has 1 aliphatic rings. The molecule has 124 valence electrons. The van der Waals surface area contributed by atoms with Crippen LogP contribution in [0.5, 0.6) is 0 Å². The Balaban J connectivity index is 0.00000192. The first-order chi connectivity index (χ1) is 10.8. The van der Waals surface area contributed by atoms with Crippen LogP contribution in [0.1, 0.15) is 0 Å². The monoisotopic (exact) mass is 376 g/mol. The first-order valence-electron chi connectivity index (χ1n) is 8.06. The second kappa shape index (κ2) is 8.48. The van der Waals surface area contributed by atoms with Gasteiger partial charge in [0.2, 0.25) is 0 Å². The average molecular weight is 377 g/mol. The third-order valence-corrected chi connectivity index (χ3v) is 4.55. The van der Waals surface area contributed by atoms with Gasteiger partial charge in [-0.1, -0.05) is 36.4 Å². The Bertz CT molecular complexity index is 531. The number of para-hydroxylation sites is 2. The standard InChI is InChI=1S/C19H25N2O.BrH/c1-21(14-16-22-17-15-21)13-12-20(18-8-4-2-5-9-18)19-10-6-3-7-11-19;/h2-11H,12-17H2,1H3;1H/q+1;/p-1. The van der Waals surface area contributed by atoms with Gasteiger partial charge in [0.05, 0.1) is 33.4 Å². The molecule has 0 saturated carbocycles. The van der Waals surface area contributed by atoms with E-state index >= 15 is 0 Å². The predicted molar refractivity (Wildman–Crippen MR) is 91.5 cm³/mol. The molecule has 3 nitrogen and oxygen atoms in total. The number of anilines is 2. The number of nitrogens with zero attached hydrogens (tertiary/aromatic N) is 2. The molecule has 0 radical (unpaired) electrons. The summed E-state index contributed by atoms with van der Waals surface area (Å²) in [6.07, 6.45) is 0. The van der Waals surface area contributed by atoms with Gasteiger partial charge in [0.25, 0.3) is 0 Å². The zero-order valence-electron chi connectivity index (χ0n) is 13.7. The third kappa shape index (κ3) is 4.80. The van der Waals surface area contributed by atoms with E-state index in [0.29, 0.717) is 0 Å². The molecule has 1 fully saturated rings. The minimum atomic E-state index is 0. The number of hydrogen-bond donors (Lipinski definition) is 0. The Hall–Kier alpha value is -1.36. The smallest absolute Gasteiger partial charge is 0.102 e. The van der Waals surface area contributed by atoms with Crippen LogP contribution in [0.4, 0.5) is 11.4 Å². The summed E-state index contributed by atoms with van der Waals surface area (Å²) in [5.41, 5.74) is 2.52. The number of quaternary nitrogens is 1. The minimum Gasteiger partial charge on any atom is -1.00 e. The molecule has 0 amide bonds. The second-order valence-electron chi connectivity index (χ2n) is 6.23. The van der Waals surface area contributed by atoms with Gasteiger partial charge in [-0.2, -0.15) is 0 Å². The van der Waals surface area contributed by atoms with Gasteiger partial charge in [-0.25, -0.2) is 0 Å². The quantitative estimate of drug-likeness (QED) is 0.696. The maximum absolute atomic E-state index is 5.51. The number of morpholine rings is 1. The summed E-state index contributed by atoms with van der Waals surface area (Å²) >= 11 is 0. The van der Waals surface area contributed by atoms with E-state index in [1.165, 1.54) is 11.4 Å². The summed E-state index contributed by atoms with van der Waals surface area (Å²) in [6.45, 7) is 6.13. The van der Waals surface area contributed by atoms with Crippen LogP contribution in [0.3, 0.4) is 0 Å². The van der Waals surface area contributed by atoms with Crippen LogP contribution < -0.4 is 21.9 Å². The number of benzene rings is 2. The first kappa shape index (κ1) is 18.0. The topological polar surface area (TPSA) is 12.5 Å². The van der Waals surface area contributed by atoms with Crippen molar-refractivity contribution in [1.82, 2.24) is 0 Å². The zero-order valence-corrected chi connectivity index (χ0v) is 15.3. The van der Waals surface area contributed by atoms with Crippen molar-refractivity contribution in [1.29, 1.82) is 0 Å². The van der Waals surface area contributed by atoms with Crippen LogP contribution in [0.2, 0.25) is 0 Å². The van der Waals surface area contributed by atoms with Gasteiger partial charge in [-0.15, -0.1) is 0 Å². The average Bonchev–Trinajstić information content (AvgIpc) is 2.58. The maximum atomic E-state index is 5.51. The van der Waals surface area contributed by atoms with Crippen LogP contribution in [0.25, 0.3) is 0 Å². The molecule has 0 aromatic heterocycles. The molecule has 2 aromatic carbocycles. The van der Waals surface area contributed by atoms with Crippen molar-refractivity contribution in [3.8, 4) is 0 Å². The maximum Gasteiger partial charge on any atom is 0.102 e. The Morgan fingerprint density at radius 3 is 1.83 bits per heavy atom. The van der Waals surface area contributed by atoms with E-state index in [1.54, 1.807) is 0 Å². The summed E-state index contributed by atoms with van der Waals surface area (Å²) in [6, 6.07) is 21.3. The lowest BCUT2D eigenvalue weighted by molar-refractivity contribution is -0.915. The molecule has 3 rings (SSSR count). The van der Waals surface area contributed by atoms with Crippen LogP contribution in [0, 0.1) is 0 Å². The Morgan fingerprint density at radius 2 is 1.35 bits per heavy atom. The normalized spacial score (nSPS) is 16.4. The molecule has 0 spiro atoms. The summed E-state index contributed by atoms with van der Waals surface area (Å²) in [5, 5.41) is 0.